The van der Waals surface area contributed by atoms with Crippen LogP contribution in [0.1, 0.15) is 66.2 Å². The van der Waals surface area contributed by atoms with Gasteiger partial charge >= 0.3 is 117 Å². The molecule has 0 heterocycles. The van der Waals surface area contributed by atoms with E-state index < -0.39 is 4.25 Å². The SMILES string of the molecule is CCCCCP(I)(CCC)(CCC)CCC. The molecule has 0 aliphatic carbocycles. The molecule has 0 aromatic heterocycles. The van der Waals surface area contributed by atoms with E-state index in [2.05, 4.69) is 49.7 Å². The Kier molecular flexibility index (Phi) is 8.90. The molecule has 0 aromatic rings. The molecular formula is C14H32IP. The average Bonchev–Trinajstić information content (AvgIpc) is 2.19. The van der Waals surface area contributed by atoms with Gasteiger partial charge in [-0.15, -0.1) is 0 Å². The van der Waals surface area contributed by atoms with E-state index >= 15 is 0 Å². The van der Waals surface area contributed by atoms with Crippen LogP contribution in [-0.2, 0) is 0 Å². The van der Waals surface area contributed by atoms with Gasteiger partial charge in [0.15, 0.2) is 0 Å². The van der Waals surface area contributed by atoms with Crippen molar-refractivity contribution in [2.45, 2.75) is 66.2 Å². The minimum absolute atomic E-state index is 1.34. The maximum atomic E-state index is 2.98. The third kappa shape index (κ3) is 5.67. The van der Waals surface area contributed by atoms with Crippen molar-refractivity contribution in [3.63, 3.8) is 0 Å². The second-order valence-corrected chi connectivity index (χ2v) is 19.0. The Balaban J connectivity index is 4.62. The zero-order valence-electron chi connectivity index (χ0n) is 11.9. The van der Waals surface area contributed by atoms with Gasteiger partial charge in [0.05, 0.1) is 0 Å². The summed E-state index contributed by atoms with van der Waals surface area (Å²) in [6.45, 7) is 9.46. The molecule has 16 heavy (non-hydrogen) atoms. The van der Waals surface area contributed by atoms with Gasteiger partial charge in [-0.1, -0.05) is 0 Å². The van der Waals surface area contributed by atoms with E-state index in [9.17, 15) is 0 Å². The van der Waals surface area contributed by atoms with Crippen molar-refractivity contribution < 1.29 is 0 Å². The van der Waals surface area contributed by atoms with Crippen LogP contribution in [0.5, 0.6) is 0 Å². The molecule has 0 unspecified atom stereocenters. The maximum absolute atomic E-state index is 2.98. The molecule has 0 radical (unpaired) electrons. The topological polar surface area (TPSA) is 0 Å². The third-order valence-electron chi connectivity index (χ3n) is 3.67. The van der Waals surface area contributed by atoms with Gasteiger partial charge in [-0.3, -0.25) is 0 Å². The van der Waals surface area contributed by atoms with E-state index in [1.54, 1.807) is 6.16 Å². The predicted octanol–water partition coefficient (Wildman–Crippen LogP) is 6.31. The van der Waals surface area contributed by atoms with Gasteiger partial charge < -0.3 is 0 Å². The van der Waals surface area contributed by atoms with Crippen molar-refractivity contribution in [3.8, 4) is 0 Å². The molecule has 0 rings (SSSR count). The normalized spacial score (nSPS) is 14.7. The van der Waals surface area contributed by atoms with Crippen LogP contribution in [0, 0.1) is 0 Å². The summed E-state index contributed by atoms with van der Waals surface area (Å²) in [4.78, 5) is 0. The fourth-order valence-corrected chi connectivity index (χ4v) is 14.2. The Morgan fingerprint density at radius 2 is 1.06 bits per heavy atom. The Morgan fingerprint density at radius 1 is 0.625 bits per heavy atom. The van der Waals surface area contributed by atoms with Crippen LogP contribution < -0.4 is 0 Å². The summed E-state index contributed by atoms with van der Waals surface area (Å²) < 4.78 is -1.34. The summed E-state index contributed by atoms with van der Waals surface area (Å²) in [5, 5.41) is 0. The first-order valence-electron chi connectivity index (χ1n) is 7.26. The molecule has 0 amide bonds. The van der Waals surface area contributed by atoms with Crippen molar-refractivity contribution in [1.29, 1.82) is 0 Å². The van der Waals surface area contributed by atoms with Gasteiger partial charge in [0.2, 0.25) is 0 Å². The van der Waals surface area contributed by atoms with E-state index in [0.29, 0.717) is 0 Å². The van der Waals surface area contributed by atoms with E-state index in [1.807, 2.05) is 0 Å². The second kappa shape index (κ2) is 8.29. The van der Waals surface area contributed by atoms with Crippen LogP contribution in [0.2, 0.25) is 0 Å². The Morgan fingerprint density at radius 3 is 1.38 bits per heavy atom. The zero-order chi connectivity index (χ0) is 12.5. The molecule has 0 saturated carbocycles. The quantitative estimate of drug-likeness (QED) is 0.244. The van der Waals surface area contributed by atoms with Crippen LogP contribution in [0.3, 0.4) is 0 Å². The predicted molar refractivity (Wildman–Crippen MR) is 90.8 cm³/mol. The number of hydrogen-bond donors (Lipinski definition) is 0. The van der Waals surface area contributed by atoms with Gasteiger partial charge in [0, 0.05) is 0 Å². The van der Waals surface area contributed by atoms with Gasteiger partial charge in [0.1, 0.15) is 0 Å². The van der Waals surface area contributed by atoms with Gasteiger partial charge in [-0.2, -0.15) is 0 Å². The summed E-state index contributed by atoms with van der Waals surface area (Å²) in [5.41, 5.74) is 0. The minimum atomic E-state index is -1.34. The second-order valence-electron chi connectivity index (χ2n) is 5.42. The van der Waals surface area contributed by atoms with Crippen molar-refractivity contribution in [1.82, 2.24) is 0 Å². The molecule has 0 aliphatic heterocycles. The van der Waals surface area contributed by atoms with Gasteiger partial charge in [0.25, 0.3) is 0 Å². The Hall–Kier alpha value is 1.16. The van der Waals surface area contributed by atoms with Crippen LogP contribution in [0.4, 0.5) is 0 Å². The molecule has 0 N–H and O–H groups in total. The van der Waals surface area contributed by atoms with Crippen molar-refractivity contribution in [2.75, 3.05) is 24.6 Å². The average molecular weight is 358 g/mol. The Labute approximate surface area is 117 Å². The number of unbranched alkanes of at least 4 members (excludes halogenated alkanes) is 2. The molecule has 0 aliphatic rings. The fraction of sp³-hybridized carbons (Fsp3) is 1.00. The number of rotatable bonds is 10. The number of hydrogen-bond acceptors (Lipinski definition) is 0. The van der Waals surface area contributed by atoms with Crippen molar-refractivity contribution >= 4 is 26.3 Å². The molecule has 0 bridgehead atoms. The summed E-state index contributed by atoms with van der Waals surface area (Å²) in [7, 11) is 0. The molecule has 2 heteroatoms. The van der Waals surface area contributed by atoms with Crippen LogP contribution in [0.15, 0.2) is 0 Å². The molecule has 0 spiro atoms. The number of halogens is 1. The van der Waals surface area contributed by atoms with Crippen molar-refractivity contribution in [3.05, 3.63) is 0 Å². The van der Waals surface area contributed by atoms with E-state index in [0.717, 1.165) is 0 Å². The monoisotopic (exact) mass is 358 g/mol. The molecule has 0 aromatic carbocycles. The summed E-state index contributed by atoms with van der Waals surface area (Å²) in [6.07, 6.45) is 14.7. The molecule has 0 nitrogen and oxygen atoms in total. The first kappa shape index (κ1) is 17.2. The van der Waals surface area contributed by atoms with E-state index in [4.69, 9.17) is 0 Å². The first-order valence-corrected chi connectivity index (χ1v) is 13.0. The van der Waals surface area contributed by atoms with Crippen LogP contribution >= 0.6 is 26.3 Å². The van der Waals surface area contributed by atoms with Crippen LogP contribution in [0.25, 0.3) is 0 Å². The van der Waals surface area contributed by atoms with Crippen LogP contribution in [-0.4, -0.2) is 24.6 Å². The van der Waals surface area contributed by atoms with Gasteiger partial charge in [-0.25, -0.2) is 0 Å². The standard InChI is InChI=1S/C14H32IP/c1-5-9-10-14-16(15,11-6-2,12-7-3)13-8-4/h5-14H2,1-4H3. The Bertz CT molecular complexity index is 160. The fourth-order valence-electron chi connectivity index (χ4n) is 3.10. The molecule has 0 saturated heterocycles. The van der Waals surface area contributed by atoms with Crippen molar-refractivity contribution in [2.24, 2.45) is 0 Å². The van der Waals surface area contributed by atoms with E-state index in [1.165, 1.54) is 57.0 Å². The third-order valence-corrected chi connectivity index (χ3v) is 15.6. The summed E-state index contributed by atoms with van der Waals surface area (Å²) in [6, 6.07) is 0. The molecular weight excluding hydrogens is 326 g/mol. The zero-order valence-corrected chi connectivity index (χ0v) is 14.9. The first-order chi connectivity index (χ1) is 7.54. The van der Waals surface area contributed by atoms with E-state index in [-0.39, 0.29) is 0 Å². The van der Waals surface area contributed by atoms with Gasteiger partial charge in [-0.05, 0) is 0 Å². The summed E-state index contributed by atoms with van der Waals surface area (Å²) in [5.74, 6) is 0. The molecule has 0 atom stereocenters. The molecule has 0 fully saturated rings. The molecule has 100 valence electrons. The summed E-state index contributed by atoms with van der Waals surface area (Å²) >= 11 is 2.98.